The van der Waals surface area contributed by atoms with E-state index in [0.717, 1.165) is 11.3 Å². The van der Waals surface area contributed by atoms with Crippen molar-refractivity contribution in [3.63, 3.8) is 0 Å². The highest BCUT2D eigenvalue weighted by Crippen LogP contribution is 2.28. The molecule has 0 radical (unpaired) electrons. The molecule has 0 saturated carbocycles. The number of rotatable bonds is 9. The highest BCUT2D eigenvalue weighted by molar-refractivity contribution is 5.99. The predicted molar refractivity (Wildman–Crippen MR) is 106 cm³/mol. The van der Waals surface area contributed by atoms with Crippen LogP contribution in [0.2, 0.25) is 0 Å². The molecule has 0 saturated heterocycles. The molecule has 0 heterocycles. The molecule has 2 aromatic carbocycles. The van der Waals surface area contributed by atoms with E-state index >= 15 is 0 Å². The number of nitrogens with one attached hydrogen (secondary N) is 1. The lowest BCUT2D eigenvalue weighted by Gasteiger charge is -2.25. The van der Waals surface area contributed by atoms with Gasteiger partial charge in [-0.15, -0.1) is 0 Å². The van der Waals surface area contributed by atoms with Crippen LogP contribution in [0.4, 0.5) is 0 Å². The van der Waals surface area contributed by atoms with E-state index in [1.54, 1.807) is 18.2 Å². The minimum Gasteiger partial charge on any atom is -0.496 e. The molecule has 2 rings (SSSR count). The third-order valence-corrected chi connectivity index (χ3v) is 4.31. The number of ether oxygens (including phenoxy) is 3. The molecule has 0 fully saturated rings. The molecule has 146 valence electrons. The van der Waals surface area contributed by atoms with Crippen LogP contribution < -0.4 is 19.5 Å². The van der Waals surface area contributed by atoms with Gasteiger partial charge >= 0.3 is 0 Å². The summed E-state index contributed by atoms with van der Waals surface area (Å²) >= 11 is 0. The predicted octanol–water partition coefficient (Wildman–Crippen LogP) is 3.14. The van der Waals surface area contributed by atoms with Crippen molar-refractivity contribution in [3.05, 3.63) is 53.6 Å². The van der Waals surface area contributed by atoms with E-state index in [-0.39, 0.29) is 11.9 Å². The fourth-order valence-corrected chi connectivity index (χ4v) is 2.90. The second-order valence-corrected chi connectivity index (χ2v) is 6.23. The van der Waals surface area contributed by atoms with Gasteiger partial charge in [0, 0.05) is 6.54 Å². The van der Waals surface area contributed by atoms with Crippen molar-refractivity contribution in [2.24, 2.45) is 0 Å². The topological polar surface area (TPSA) is 60.0 Å². The molecule has 2 aromatic rings. The fraction of sp³-hybridized carbons (Fsp3) is 0.381. The van der Waals surface area contributed by atoms with Crippen LogP contribution in [0, 0.1) is 0 Å². The maximum atomic E-state index is 12.8. The summed E-state index contributed by atoms with van der Waals surface area (Å²) in [6.07, 6.45) is 0. The maximum absolute atomic E-state index is 12.8. The summed E-state index contributed by atoms with van der Waals surface area (Å²) in [7, 11) is 7.04. The van der Waals surface area contributed by atoms with Gasteiger partial charge in [-0.05, 0) is 50.8 Å². The molecule has 1 atom stereocenters. The van der Waals surface area contributed by atoms with Crippen LogP contribution in [0.3, 0.4) is 0 Å². The van der Waals surface area contributed by atoms with Crippen LogP contribution in [-0.2, 0) is 0 Å². The van der Waals surface area contributed by atoms with E-state index < -0.39 is 0 Å². The Bertz CT molecular complexity index is 722. The number of methoxy groups -OCH3 is 2. The molecule has 0 aliphatic carbocycles. The first kappa shape index (κ1) is 20.6. The molecule has 6 nitrogen and oxygen atoms in total. The molecule has 1 unspecified atom stereocenters. The number of carbonyl (C=O) groups excluding carboxylic acids is 1. The number of likely N-dealkylation sites (N-methyl/N-ethyl adjacent to an activating group) is 1. The van der Waals surface area contributed by atoms with Crippen molar-refractivity contribution < 1.29 is 19.0 Å². The van der Waals surface area contributed by atoms with Gasteiger partial charge in [-0.3, -0.25) is 4.79 Å². The lowest BCUT2D eigenvalue weighted by molar-refractivity contribution is 0.0935. The van der Waals surface area contributed by atoms with Gasteiger partial charge in [0.15, 0.2) is 0 Å². The Morgan fingerprint density at radius 2 is 1.63 bits per heavy atom. The van der Waals surface area contributed by atoms with Gasteiger partial charge in [0.25, 0.3) is 5.91 Å². The van der Waals surface area contributed by atoms with Crippen molar-refractivity contribution in [3.8, 4) is 17.2 Å². The zero-order chi connectivity index (χ0) is 19.8. The summed E-state index contributed by atoms with van der Waals surface area (Å²) in [5.74, 6) is 1.56. The van der Waals surface area contributed by atoms with E-state index in [4.69, 9.17) is 14.2 Å². The highest BCUT2D eigenvalue weighted by atomic mass is 16.5. The van der Waals surface area contributed by atoms with Crippen LogP contribution in [0.25, 0.3) is 0 Å². The normalized spacial score (nSPS) is 11.8. The van der Waals surface area contributed by atoms with E-state index in [2.05, 4.69) is 10.2 Å². The van der Waals surface area contributed by atoms with E-state index in [1.807, 2.05) is 45.3 Å². The zero-order valence-electron chi connectivity index (χ0n) is 16.6. The average molecular weight is 372 g/mol. The van der Waals surface area contributed by atoms with Crippen molar-refractivity contribution in [2.75, 3.05) is 41.5 Å². The van der Waals surface area contributed by atoms with Gasteiger partial charge in [-0.25, -0.2) is 0 Å². The first-order chi connectivity index (χ1) is 13.0. The SMILES string of the molecule is CCOc1ccc(C(CNC(=O)c2c(OC)cccc2OC)N(C)C)cc1. The molecule has 0 aliphatic heterocycles. The van der Waals surface area contributed by atoms with Gasteiger partial charge in [-0.1, -0.05) is 18.2 Å². The second kappa shape index (κ2) is 9.83. The molecule has 0 aromatic heterocycles. The molecular weight excluding hydrogens is 344 g/mol. The maximum Gasteiger partial charge on any atom is 0.258 e. The Kier molecular flexibility index (Phi) is 7.49. The Balaban J connectivity index is 2.15. The van der Waals surface area contributed by atoms with Crippen molar-refractivity contribution in [1.29, 1.82) is 0 Å². The van der Waals surface area contributed by atoms with Gasteiger partial charge in [0.2, 0.25) is 0 Å². The molecular formula is C21H28N2O4. The minimum absolute atomic E-state index is 0.0188. The zero-order valence-corrected chi connectivity index (χ0v) is 16.6. The largest absolute Gasteiger partial charge is 0.496 e. The lowest BCUT2D eigenvalue weighted by Crippen LogP contribution is -2.34. The van der Waals surface area contributed by atoms with E-state index in [1.165, 1.54) is 14.2 Å². The average Bonchev–Trinajstić information content (AvgIpc) is 2.68. The third-order valence-electron chi connectivity index (χ3n) is 4.31. The molecule has 6 heteroatoms. The summed E-state index contributed by atoms with van der Waals surface area (Å²) < 4.78 is 16.1. The number of amides is 1. The highest BCUT2D eigenvalue weighted by Gasteiger charge is 2.21. The minimum atomic E-state index is -0.234. The molecule has 0 spiro atoms. The van der Waals surface area contributed by atoms with Crippen LogP contribution in [0.5, 0.6) is 17.2 Å². The third kappa shape index (κ3) is 5.14. The Morgan fingerprint density at radius 1 is 1.04 bits per heavy atom. The second-order valence-electron chi connectivity index (χ2n) is 6.23. The quantitative estimate of drug-likeness (QED) is 0.733. The Hall–Kier alpha value is -2.73. The Morgan fingerprint density at radius 3 is 2.11 bits per heavy atom. The molecule has 1 amide bonds. The van der Waals surface area contributed by atoms with Crippen LogP contribution in [-0.4, -0.2) is 52.3 Å². The van der Waals surface area contributed by atoms with Crippen LogP contribution in [0.15, 0.2) is 42.5 Å². The summed E-state index contributed by atoms with van der Waals surface area (Å²) in [6, 6.07) is 13.2. The summed E-state index contributed by atoms with van der Waals surface area (Å²) in [4.78, 5) is 14.9. The molecule has 1 N–H and O–H groups in total. The summed E-state index contributed by atoms with van der Waals surface area (Å²) in [6.45, 7) is 3.03. The fourth-order valence-electron chi connectivity index (χ4n) is 2.90. The molecule has 0 bridgehead atoms. The number of hydrogen-bond donors (Lipinski definition) is 1. The van der Waals surface area contributed by atoms with E-state index in [9.17, 15) is 4.79 Å². The van der Waals surface area contributed by atoms with Gasteiger partial charge < -0.3 is 24.4 Å². The number of nitrogens with zero attached hydrogens (tertiary/aromatic N) is 1. The monoisotopic (exact) mass is 372 g/mol. The van der Waals surface area contributed by atoms with Crippen molar-refractivity contribution in [1.82, 2.24) is 10.2 Å². The standard InChI is InChI=1S/C21H28N2O4/c1-6-27-16-12-10-15(11-13-16)17(23(2)3)14-22-21(24)20-18(25-4)8-7-9-19(20)26-5/h7-13,17H,6,14H2,1-5H3,(H,22,24). The van der Waals surface area contributed by atoms with Gasteiger partial charge in [0.1, 0.15) is 22.8 Å². The smallest absolute Gasteiger partial charge is 0.258 e. The first-order valence-corrected chi connectivity index (χ1v) is 8.90. The number of benzene rings is 2. The van der Waals surface area contributed by atoms with Crippen LogP contribution in [0.1, 0.15) is 28.9 Å². The van der Waals surface area contributed by atoms with Gasteiger partial charge in [-0.2, -0.15) is 0 Å². The van der Waals surface area contributed by atoms with Crippen molar-refractivity contribution >= 4 is 5.91 Å². The van der Waals surface area contributed by atoms with Gasteiger partial charge in [0.05, 0.1) is 26.9 Å². The number of hydrogen-bond acceptors (Lipinski definition) is 5. The molecule has 0 aliphatic rings. The molecule has 27 heavy (non-hydrogen) atoms. The lowest BCUT2D eigenvalue weighted by atomic mass is 10.1. The summed E-state index contributed by atoms with van der Waals surface area (Å²) in [5.41, 5.74) is 1.49. The Labute approximate surface area is 161 Å². The number of carbonyl (C=O) groups is 1. The summed E-state index contributed by atoms with van der Waals surface area (Å²) in [5, 5.41) is 3.00. The first-order valence-electron chi connectivity index (χ1n) is 8.90. The van der Waals surface area contributed by atoms with E-state index in [0.29, 0.717) is 30.2 Å². The van der Waals surface area contributed by atoms with Crippen LogP contribution >= 0.6 is 0 Å². The van der Waals surface area contributed by atoms with Crippen molar-refractivity contribution in [2.45, 2.75) is 13.0 Å².